The molecule has 10 rings (SSSR count). The number of carbonyl (C=O) groups excluding carboxylic acids is 2. The van der Waals surface area contributed by atoms with Gasteiger partial charge in [0.25, 0.3) is 5.91 Å². The number of rotatable bonds is 7. The van der Waals surface area contributed by atoms with Crippen molar-refractivity contribution in [2.75, 3.05) is 41.3 Å². The molecule has 3 aliphatic carbocycles. The molecule has 5 heterocycles. The molecule has 1 aromatic heterocycles. The number of methoxy groups -OCH3 is 1. The van der Waals surface area contributed by atoms with E-state index in [9.17, 15) is 18.0 Å². The Hall–Kier alpha value is -3.93. The van der Waals surface area contributed by atoms with Gasteiger partial charge in [0.2, 0.25) is 5.91 Å². The van der Waals surface area contributed by atoms with Crippen molar-refractivity contribution < 1.29 is 22.7 Å². The smallest absolute Gasteiger partial charge is 0.303 e. The molecule has 4 atom stereocenters. The summed E-state index contributed by atoms with van der Waals surface area (Å²) in [4.78, 5) is 33.4. The van der Waals surface area contributed by atoms with Crippen LogP contribution in [0.3, 0.4) is 0 Å². The van der Waals surface area contributed by atoms with Gasteiger partial charge in [0.05, 0.1) is 29.3 Å². The van der Waals surface area contributed by atoms with Crippen molar-refractivity contribution in [2.24, 2.45) is 5.41 Å². The van der Waals surface area contributed by atoms with Crippen molar-refractivity contribution in [3.8, 4) is 17.0 Å². The fraction of sp³-hybridized carbons (Fsp3) is 0.487. The number of ether oxygens (including phenoxy) is 1. The zero-order valence-corrected chi connectivity index (χ0v) is 30.1. The first kappa shape index (κ1) is 32.0. The lowest BCUT2D eigenvalue weighted by Crippen LogP contribution is -2.68. The van der Waals surface area contributed by atoms with Crippen molar-refractivity contribution in [3.05, 3.63) is 70.8 Å². The van der Waals surface area contributed by atoms with E-state index >= 15 is 0 Å². The molecular weight excluding hydrogens is 651 g/mol. The Kier molecular flexibility index (Phi) is 7.22. The summed E-state index contributed by atoms with van der Waals surface area (Å²) in [6.45, 7) is 2.01. The number of amides is 2. The number of hydrogen-bond acceptors (Lipinski definition) is 6. The third kappa shape index (κ3) is 4.62. The number of fused-ring (bicyclic) bond motifs is 9. The number of benzene rings is 2. The van der Waals surface area contributed by atoms with E-state index in [1.54, 1.807) is 13.2 Å². The van der Waals surface area contributed by atoms with Crippen LogP contribution in [-0.2, 0) is 21.5 Å². The van der Waals surface area contributed by atoms with Crippen LogP contribution >= 0.6 is 0 Å². The lowest BCUT2D eigenvalue weighted by molar-refractivity contribution is -0.148. The Labute approximate surface area is 293 Å². The highest BCUT2D eigenvalue weighted by Crippen LogP contribution is 2.66. The predicted molar refractivity (Wildman–Crippen MR) is 193 cm³/mol. The van der Waals surface area contributed by atoms with E-state index in [2.05, 4.69) is 38.3 Å². The van der Waals surface area contributed by atoms with Crippen LogP contribution in [0.5, 0.6) is 5.75 Å². The van der Waals surface area contributed by atoms with Gasteiger partial charge in [0.15, 0.2) is 0 Å². The van der Waals surface area contributed by atoms with Crippen molar-refractivity contribution >= 4 is 38.5 Å². The Morgan fingerprint density at radius 1 is 1.04 bits per heavy atom. The maximum absolute atomic E-state index is 14.9. The van der Waals surface area contributed by atoms with Gasteiger partial charge in [-0.05, 0) is 79.6 Å². The lowest BCUT2D eigenvalue weighted by Gasteiger charge is -2.55. The molecule has 50 heavy (non-hydrogen) atoms. The number of nitrogens with one attached hydrogen (secondary N) is 1. The summed E-state index contributed by atoms with van der Waals surface area (Å²) in [7, 11) is 2.64. The molecule has 5 fully saturated rings. The van der Waals surface area contributed by atoms with Gasteiger partial charge in [-0.25, -0.2) is 4.72 Å². The first-order valence-corrected chi connectivity index (χ1v) is 19.5. The molecule has 3 aromatic rings. The quantitative estimate of drug-likeness (QED) is 0.362. The normalized spacial score (nSPS) is 27.0. The van der Waals surface area contributed by atoms with Crippen LogP contribution in [0.15, 0.2) is 48.6 Å². The molecule has 11 heteroatoms. The summed E-state index contributed by atoms with van der Waals surface area (Å²) < 4.78 is 37.2. The van der Waals surface area contributed by atoms with E-state index in [-0.39, 0.29) is 11.8 Å². The SMILES string of the molecule is COc1ccc2c(c1)[C@@H]1C[C@]1(C(=O)N1CC3CC(C1)N3C)Cn1c-2c(C2CCCCC2)c2ccc(C(=O)NS(=O)(=O)N(C)C)c(C3=CC=C3)c21. The number of carbonyl (C=O) groups is 2. The maximum Gasteiger partial charge on any atom is 0.303 e. The van der Waals surface area contributed by atoms with Gasteiger partial charge >= 0.3 is 10.2 Å². The summed E-state index contributed by atoms with van der Waals surface area (Å²) in [5, 5.41) is 1.08. The average Bonchev–Trinajstić information content (AvgIpc) is 3.76. The van der Waals surface area contributed by atoms with Crippen LogP contribution in [-0.4, -0.2) is 92.3 Å². The second kappa shape index (κ2) is 11.3. The van der Waals surface area contributed by atoms with E-state index in [1.165, 1.54) is 26.1 Å². The number of aromatic nitrogens is 1. The maximum atomic E-state index is 14.9. The molecule has 7 aliphatic rings. The monoisotopic (exact) mass is 695 g/mol. The highest BCUT2D eigenvalue weighted by Gasteiger charge is 2.65. The molecule has 4 aliphatic heterocycles. The molecule has 3 saturated heterocycles. The van der Waals surface area contributed by atoms with E-state index < -0.39 is 21.5 Å². The fourth-order valence-electron chi connectivity index (χ4n) is 9.75. The van der Waals surface area contributed by atoms with E-state index in [0.717, 1.165) is 101 Å². The van der Waals surface area contributed by atoms with Crippen molar-refractivity contribution in [1.82, 2.24) is 23.4 Å². The third-order valence-corrected chi connectivity index (χ3v) is 14.1. The van der Waals surface area contributed by atoms with Crippen LogP contribution in [0.25, 0.3) is 27.7 Å². The van der Waals surface area contributed by atoms with Gasteiger partial charge in [-0.1, -0.05) is 43.6 Å². The number of likely N-dealkylation sites (N-methyl/N-ethyl adjacent to an activating group) is 1. The van der Waals surface area contributed by atoms with Gasteiger partial charge in [0.1, 0.15) is 5.75 Å². The standard InChI is InChI=1S/C39H45N5O5S/c1-41(2)50(47,48)40-37(45)30-16-15-29-33(23-9-6-5-7-10-23)35-28-14-13-27(49-4)18-31(28)32-19-39(32,22-44(35)36(29)34(30)24-11-8-12-24)38(46)43-20-25-17-26(21-43)42(25)3/h8,11-16,18,23,25-26,32H,5-7,9-10,17,19-22H2,1-4H3,(H,40,45)/t25?,26?,32-,39-/m0/s1. The molecule has 2 unspecified atom stereocenters. The van der Waals surface area contributed by atoms with Crippen molar-refractivity contribution in [3.63, 3.8) is 0 Å². The van der Waals surface area contributed by atoms with Crippen LogP contribution < -0.4 is 9.46 Å². The van der Waals surface area contributed by atoms with Crippen molar-refractivity contribution in [1.29, 1.82) is 0 Å². The minimum Gasteiger partial charge on any atom is -0.497 e. The summed E-state index contributed by atoms with van der Waals surface area (Å²) >= 11 is 0. The minimum absolute atomic E-state index is 0.0493. The Morgan fingerprint density at radius 2 is 1.78 bits per heavy atom. The predicted octanol–water partition coefficient (Wildman–Crippen LogP) is 5.26. The molecule has 2 aromatic carbocycles. The highest BCUT2D eigenvalue weighted by atomic mass is 32.2. The van der Waals surface area contributed by atoms with Crippen LogP contribution in [0, 0.1) is 5.41 Å². The molecular formula is C39H45N5O5S. The summed E-state index contributed by atoms with van der Waals surface area (Å²) in [5.41, 5.74) is 6.90. The largest absolute Gasteiger partial charge is 0.497 e. The summed E-state index contributed by atoms with van der Waals surface area (Å²) in [5.74, 6) is 0.720. The summed E-state index contributed by atoms with van der Waals surface area (Å²) in [6, 6.07) is 11.0. The zero-order chi connectivity index (χ0) is 34.7. The molecule has 262 valence electrons. The first-order chi connectivity index (χ1) is 24.0. The van der Waals surface area contributed by atoms with Crippen LogP contribution in [0.1, 0.15) is 83.8 Å². The molecule has 2 amide bonds. The molecule has 0 spiro atoms. The third-order valence-electron chi connectivity index (χ3n) is 12.7. The van der Waals surface area contributed by atoms with E-state index in [1.807, 2.05) is 30.4 Å². The Bertz CT molecular complexity index is 2130. The van der Waals surface area contributed by atoms with E-state index in [4.69, 9.17) is 4.74 Å². The van der Waals surface area contributed by atoms with Gasteiger partial charge in [0, 0.05) is 68.2 Å². The van der Waals surface area contributed by atoms with Gasteiger partial charge in [-0.2, -0.15) is 12.7 Å². The van der Waals surface area contributed by atoms with E-state index in [0.29, 0.717) is 30.1 Å². The van der Waals surface area contributed by atoms with Gasteiger partial charge in [-0.3, -0.25) is 14.5 Å². The first-order valence-electron chi connectivity index (χ1n) is 18.0. The highest BCUT2D eigenvalue weighted by molar-refractivity contribution is 7.87. The Morgan fingerprint density at radius 3 is 2.42 bits per heavy atom. The van der Waals surface area contributed by atoms with Crippen LogP contribution in [0.4, 0.5) is 0 Å². The Balaban J connectivity index is 1.30. The second-order valence-electron chi connectivity index (χ2n) is 15.6. The average molecular weight is 696 g/mol. The van der Waals surface area contributed by atoms with Gasteiger partial charge < -0.3 is 14.2 Å². The molecule has 0 radical (unpaired) electrons. The number of piperidine rings is 1. The number of hydrogen-bond donors (Lipinski definition) is 1. The number of piperazine rings is 1. The van der Waals surface area contributed by atoms with Gasteiger partial charge in [-0.15, -0.1) is 0 Å². The van der Waals surface area contributed by atoms with Crippen LogP contribution in [0.2, 0.25) is 0 Å². The number of allylic oxidation sites excluding steroid dienone is 4. The summed E-state index contributed by atoms with van der Waals surface area (Å²) in [6.07, 6.45) is 13.5. The van der Waals surface area contributed by atoms with Crippen molar-refractivity contribution in [2.45, 2.75) is 75.4 Å². The topological polar surface area (TPSA) is 104 Å². The second-order valence-corrected chi connectivity index (χ2v) is 17.4. The fourth-order valence-corrected chi connectivity index (χ4v) is 10.3. The molecule has 1 N–H and O–H groups in total. The lowest BCUT2D eigenvalue weighted by atomic mass is 9.80. The number of nitrogens with zero attached hydrogens (tertiary/aromatic N) is 4. The molecule has 10 nitrogen and oxygen atoms in total. The minimum atomic E-state index is -4.03. The molecule has 2 saturated carbocycles. The zero-order valence-electron chi connectivity index (χ0n) is 29.2. The molecule has 2 bridgehead atoms.